The van der Waals surface area contributed by atoms with Crippen molar-refractivity contribution in [2.75, 3.05) is 0 Å². The number of rotatable bonds is 3. The summed E-state index contributed by atoms with van der Waals surface area (Å²) in [7, 11) is 0. The maximum Gasteiger partial charge on any atom is 0.320 e. The van der Waals surface area contributed by atoms with Crippen LogP contribution >= 0.6 is 11.3 Å². The molecule has 0 spiro atoms. The second kappa shape index (κ2) is 3.64. The third-order valence-corrected chi connectivity index (χ3v) is 2.37. The molecule has 0 aliphatic heterocycles. The van der Waals surface area contributed by atoms with Gasteiger partial charge in [0.2, 0.25) is 0 Å². The molecular formula is C7H10N2O2S. The molecule has 5 heteroatoms. The zero-order chi connectivity index (χ0) is 9.14. The monoisotopic (exact) mass is 186 g/mol. The van der Waals surface area contributed by atoms with Crippen molar-refractivity contribution < 1.29 is 9.90 Å². The molecule has 1 atom stereocenters. The number of carbonyl (C=O) groups is 1. The second-order valence-corrected chi connectivity index (χ2v) is 3.47. The SMILES string of the molecule is Cc1csc(C[C@@H](N)C(=O)O)n1. The summed E-state index contributed by atoms with van der Waals surface area (Å²) in [5.41, 5.74) is 6.23. The zero-order valence-corrected chi connectivity index (χ0v) is 7.47. The summed E-state index contributed by atoms with van der Waals surface area (Å²) in [6, 6.07) is -0.837. The third kappa shape index (κ3) is 2.28. The maximum absolute atomic E-state index is 10.4. The van der Waals surface area contributed by atoms with E-state index in [9.17, 15) is 4.79 Å². The van der Waals surface area contributed by atoms with Crippen molar-refractivity contribution in [2.45, 2.75) is 19.4 Å². The molecule has 12 heavy (non-hydrogen) atoms. The molecule has 1 heterocycles. The minimum atomic E-state index is -0.983. The molecule has 0 aliphatic carbocycles. The quantitative estimate of drug-likeness (QED) is 0.716. The largest absolute Gasteiger partial charge is 0.480 e. The van der Waals surface area contributed by atoms with Gasteiger partial charge >= 0.3 is 5.97 Å². The molecule has 0 amide bonds. The fourth-order valence-corrected chi connectivity index (χ4v) is 1.60. The molecule has 66 valence electrons. The molecular weight excluding hydrogens is 176 g/mol. The van der Waals surface area contributed by atoms with Gasteiger partial charge < -0.3 is 10.8 Å². The van der Waals surface area contributed by atoms with E-state index in [0.717, 1.165) is 10.7 Å². The second-order valence-electron chi connectivity index (χ2n) is 2.53. The Morgan fingerprint density at radius 3 is 3.00 bits per heavy atom. The first-order valence-electron chi connectivity index (χ1n) is 3.49. The lowest BCUT2D eigenvalue weighted by molar-refractivity contribution is -0.138. The predicted molar refractivity (Wildman–Crippen MR) is 46.2 cm³/mol. The number of carboxylic acids is 1. The standard InChI is InChI=1S/C7H10N2O2S/c1-4-3-12-6(9-4)2-5(8)7(10)11/h3,5H,2,8H2,1H3,(H,10,11)/t5-/m1/s1. The molecule has 4 nitrogen and oxygen atoms in total. The summed E-state index contributed by atoms with van der Waals surface area (Å²) < 4.78 is 0. The Morgan fingerprint density at radius 2 is 2.58 bits per heavy atom. The normalized spacial score (nSPS) is 12.8. The number of aryl methyl sites for hydroxylation is 1. The van der Waals surface area contributed by atoms with Crippen molar-refractivity contribution in [3.8, 4) is 0 Å². The number of hydrogen-bond donors (Lipinski definition) is 2. The Labute approximate surface area is 74.0 Å². The molecule has 1 aromatic heterocycles. The van der Waals surface area contributed by atoms with Crippen LogP contribution in [-0.2, 0) is 11.2 Å². The molecule has 0 saturated carbocycles. The fourth-order valence-electron chi connectivity index (χ4n) is 0.772. The highest BCUT2D eigenvalue weighted by Gasteiger charge is 2.13. The van der Waals surface area contributed by atoms with Gasteiger partial charge in [-0.25, -0.2) is 4.98 Å². The summed E-state index contributed by atoms with van der Waals surface area (Å²) in [5.74, 6) is -0.983. The van der Waals surface area contributed by atoms with Crippen LogP contribution in [-0.4, -0.2) is 22.1 Å². The summed E-state index contributed by atoms with van der Waals surface area (Å²) >= 11 is 1.44. The minimum absolute atomic E-state index is 0.313. The van der Waals surface area contributed by atoms with Crippen LogP contribution in [0.5, 0.6) is 0 Å². The summed E-state index contributed by atoms with van der Waals surface area (Å²) in [5, 5.41) is 11.2. The van der Waals surface area contributed by atoms with E-state index in [2.05, 4.69) is 4.98 Å². The molecule has 0 bridgehead atoms. The van der Waals surface area contributed by atoms with Crippen molar-refractivity contribution >= 4 is 17.3 Å². The van der Waals surface area contributed by atoms with Gasteiger partial charge in [0.1, 0.15) is 6.04 Å². The van der Waals surface area contributed by atoms with Crippen LogP contribution in [0, 0.1) is 6.92 Å². The first-order chi connectivity index (χ1) is 5.59. The molecule has 1 aromatic rings. The fraction of sp³-hybridized carbons (Fsp3) is 0.429. The van der Waals surface area contributed by atoms with Crippen LogP contribution in [0.4, 0.5) is 0 Å². The lowest BCUT2D eigenvalue weighted by Crippen LogP contribution is -2.32. The smallest absolute Gasteiger partial charge is 0.320 e. The van der Waals surface area contributed by atoms with Crippen LogP contribution < -0.4 is 5.73 Å². The highest BCUT2D eigenvalue weighted by molar-refractivity contribution is 7.09. The maximum atomic E-state index is 10.4. The number of hydrogen-bond acceptors (Lipinski definition) is 4. The van der Waals surface area contributed by atoms with E-state index >= 15 is 0 Å². The first kappa shape index (κ1) is 9.15. The van der Waals surface area contributed by atoms with E-state index in [-0.39, 0.29) is 0 Å². The molecule has 0 unspecified atom stereocenters. The van der Waals surface area contributed by atoms with E-state index < -0.39 is 12.0 Å². The van der Waals surface area contributed by atoms with Crippen molar-refractivity contribution in [3.63, 3.8) is 0 Å². The van der Waals surface area contributed by atoms with Gasteiger partial charge in [0.15, 0.2) is 0 Å². The lowest BCUT2D eigenvalue weighted by atomic mass is 10.2. The molecule has 0 saturated heterocycles. The van der Waals surface area contributed by atoms with Crippen molar-refractivity contribution in [1.29, 1.82) is 0 Å². The average molecular weight is 186 g/mol. The van der Waals surface area contributed by atoms with Crippen molar-refractivity contribution in [3.05, 3.63) is 16.1 Å². The van der Waals surface area contributed by atoms with Crippen LogP contribution in [0.1, 0.15) is 10.7 Å². The van der Waals surface area contributed by atoms with E-state index in [1.165, 1.54) is 11.3 Å². The minimum Gasteiger partial charge on any atom is -0.480 e. The Kier molecular flexibility index (Phi) is 2.78. The highest BCUT2D eigenvalue weighted by Crippen LogP contribution is 2.10. The number of aliphatic carboxylic acids is 1. The van der Waals surface area contributed by atoms with Gasteiger partial charge in [-0.1, -0.05) is 0 Å². The number of carboxylic acid groups (broad SMARTS) is 1. The van der Waals surface area contributed by atoms with Crippen LogP contribution in [0.2, 0.25) is 0 Å². The Balaban J connectivity index is 2.58. The van der Waals surface area contributed by atoms with E-state index in [1.807, 2.05) is 12.3 Å². The van der Waals surface area contributed by atoms with Crippen LogP contribution in [0.25, 0.3) is 0 Å². The summed E-state index contributed by atoms with van der Waals surface area (Å²) in [6.45, 7) is 1.87. The number of nitrogens with two attached hydrogens (primary N) is 1. The lowest BCUT2D eigenvalue weighted by Gasteiger charge is -2.01. The van der Waals surface area contributed by atoms with Crippen molar-refractivity contribution in [1.82, 2.24) is 4.98 Å². The van der Waals surface area contributed by atoms with Gasteiger partial charge in [-0.2, -0.15) is 0 Å². The van der Waals surface area contributed by atoms with Gasteiger partial charge in [0.25, 0.3) is 0 Å². The van der Waals surface area contributed by atoms with Crippen LogP contribution in [0.3, 0.4) is 0 Å². The van der Waals surface area contributed by atoms with Gasteiger partial charge in [-0.3, -0.25) is 4.79 Å². The number of nitrogens with zero attached hydrogens (tertiary/aromatic N) is 1. The average Bonchev–Trinajstić information content (AvgIpc) is 2.35. The molecule has 0 aromatic carbocycles. The van der Waals surface area contributed by atoms with Gasteiger partial charge in [-0.15, -0.1) is 11.3 Å². The van der Waals surface area contributed by atoms with E-state index in [1.54, 1.807) is 0 Å². The van der Waals surface area contributed by atoms with Crippen LogP contribution in [0.15, 0.2) is 5.38 Å². The number of thiazole rings is 1. The highest BCUT2D eigenvalue weighted by atomic mass is 32.1. The van der Waals surface area contributed by atoms with E-state index in [0.29, 0.717) is 6.42 Å². The zero-order valence-electron chi connectivity index (χ0n) is 6.65. The van der Waals surface area contributed by atoms with Gasteiger partial charge in [0, 0.05) is 17.5 Å². The Bertz CT molecular complexity index is 285. The molecule has 1 rings (SSSR count). The third-order valence-electron chi connectivity index (χ3n) is 1.38. The number of aromatic nitrogens is 1. The van der Waals surface area contributed by atoms with E-state index in [4.69, 9.17) is 10.8 Å². The molecule has 3 N–H and O–H groups in total. The molecule has 0 aliphatic rings. The molecule has 0 radical (unpaired) electrons. The van der Waals surface area contributed by atoms with Gasteiger partial charge in [0.05, 0.1) is 5.01 Å². The van der Waals surface area contributed by atoms with Crippen molar-refractivity contribution in [2.24, 2.45) is 5.73 Å². The Morgan fingerprint density at radius 1 is 1.92 bits per heavy atom. The molecule has 0 fully saturated rings. The summed E-state index contributed by atoms with van der Waals surface area (Å²) in [6.07, 6.45) is 0.313. The first-order valence-corrected chi connectivity index (χ1v) is 4.37. The summed E-state index contributed by atoms with van der Waals surface area (Å²) in [4.78, 5) is 14.5. The Hall–Kier alpha value is -0.940. The topological polar surface area (TPSA) is 76.2 Å². The predicted octanol–water partition coefficient (Wildman–Crippen LogP) is 0.406. The van der Waals surface area contributed by atoms with Gasteiger partial charge in [-0.05, 0) is 6.92 Å².